The molecule has 1 amide bonds. The molecule has 0 saturated heterocycles. The molecule has 0 bridgehead atoms. The number of nitrogens with zero attached hydrogens (tertiary/aromatic N) is 2. The topological polar surface area (TPSA) is 119 Å². The second kappa shape index (κ2) is 5.62. The van der Waals surface area contributed by atoms with Gasteiger partial charge in [0.25, 0.3) is 10.0 Å². The molecular weight excluding hydrogens is 314 g/mol. The summed E-state index contributed by atoms with van der Waals surface area (Å²) in [5, 5.41) is 4.19. The molecule has 2 rings (SSSR count). The van der Waals surface area contributed by atoms with E-state index >= 15 is 0 Å². The largest absolute Gasteiger partial charge is 0.381 e. The van der Waals surface area contributed by atoms with Crippen molar-refractivity contribution in [3.05, 3.63) is 11.6 Å². The van der Waals surface area contributed by atoms with Crippen molar-refractivity contribution in [1.29, 1.82) is 0 Å². The van der Waals surface area contributed by atoms with Gasteiger partial charge in [-0.2, -0.15) is 4.72 Å². The molecule has 0 aliphatic carbocycles. The van der Waals surface area contributed by atoms with E-state index in [1.807, 2.05) is 0 Å². The summed E-state index contributed by atoms with van der Waals surface area (Å²) in [6.45, 7) is 5.06. The normalized spacial score (nSPS) is 13.7. The van der Waals surface area contributed by atoms with Crippen LogP contribution in [0.25, 0.3) is 4.96 Å². The van der Waals surface area contributed by atoms with Crippen LogP contribution in [0.1, 0.15) is 20.8 Å². The zero-order chi connectivity index (χ0) is 15.8. The number of sulfonamides is 1. The first-order valence-corrected chi connectivity index (χ1v) is 8.62. The van der Waals surface area contributed by atoms with E-state index < -0.39 is 22.0 Å². The Labute approximate surface area is 126 Å². The number of thiazole rings is 1. The summed E-state index contributed by atoms with van der Waals surface area (Å²) in [6.07, 6.45) is 1.57. The molecular formula is C11H17N5O3S2. The van der Waals surface area contributed by atoms with E-state index in [0.717, 1.165) is 0 Å². The van der Waals surface area contributed by atoms with Gasteiger partial charge < -0.3 is 11.1 Å². The molecule has 116 valence electrons. The van der Waals surface area contributed by atoms with Gasteiger partial charge in [0.05, 0.1) is 6.04 Å². The van der Waals surface area contributed by atoms with Gasteiger partial charge in [0.2, 0.25) is 5.91 Å². The van der Waals surface area contributed by atoms with Gasteiger partial charge in [-0.3, -0.25) is 9.20 Å². The predicted octanol–water partition coefficient (Wildman–Crippen LogP) is 0.169. The lowest BCUT2D eigenvalue weighted by molar-refractivity contribution is -0.122. The Morgan fingerprint density at radius 3 is 2.71 bits per heavy atom. The molecule has 0 spiro atoms. The molecule has 2 heterocycles. The molecule has 2 aromatic heterocycles. The number of hydrogen-bond donors (Lipinski definition) is 3. The van der Waals surface area contributed by atoms with E-state index in [2.05, 4.69) is 15.0 Å². The molecule has 0 aliphatic heterocycles. The van der Waals surface area contributed by atoms with Crippen LogP contribution in [0.5, 0.6) is 0 Å². The molecule has 1 unspecified atom stereocenters. The number of amides is 1. The van der Waals surface area contributed by atoms with Gasteiger partial charge in [0.15, 0.2) is 15.8 Å². The Kier molecular flexibility index (Phi) is 4.21. The van der Waals surface area contributed by atoms with Gasteiger partial charge >= 0.3 is 0 Å². The van der Waals surface area contributed by atoms with Crippen molar-refractivity contribution in [1.82, 2.24) is 19.4 Å². The lowest BCUT2D eigenvalue weighted by Gasteiger charge is -2.16. The van der Waals surface area contributed by atoms with Crippen LogP contribution in [0.2, 0.25) is 0 Å². The SMILES string of the molecule is CC(C)NC(=O)C(C)NS(=O)(=O)c1c(N)nc2sccn12. The summed E-state index contributed by atoms with van der Waals surface area (Å²) < 4.78 is 28.5. The van der Waals surface area contributed by atoms with E-state index in [9.17, 15) is 13.2 Å². The van der Waals surface area contributed by atoms with E-state index in [1.54, 1.807) is 25.4 Å². The average molecular weight is 331 g/mol. The van der Waals surface area contributed by atoms with Crippen molar-refractivity contribution in [2.45, 2.75) is 37.9 Å². The third-order valence-electron chi connectivity index (χ3n) is 2.65. The summed E-state index contributed by atoms with van der Waals surface area (Å²) >= 11 is 1.27. The van der Waals surface area contributed by atoms with Gasteiger partial charge in [-0.25, -0.2) is 13.4 Å². The molecule has 0 radical (unpaired) electrons. The predicted molar refractivity (Wildman–Crippen MR) is 80.5 cm³/mol. The second-order valence-corrected chi connectivity index (χ2v) is 7.37. The maximum absolute atomic E-state index is 12.4. The van der Waals surface area contributed by atoms with E-state index in [-0.39, 0.29) is 16.9 Å². The standard InChI is InChI=1S/C11H17N5O3S2/c1-6(2)13-9(17)7(3)15-21(18,19)10-8(12)14-11-16(10)4-5-20-11/h4-7,15H,12H2,1-3H3,(H,13,17). The number of carbonyl (C=O) groups excluding carboxylic acids is 1. The van der Waals surface area contributed by atoms with Crippen molar-refractivity contribution >= 4 is 38.0 Å². The fourth-order valence-electron chi connectivity index (χ4n) is 1.80. The number of imidazole rings is 1. The minimum atomic E-state index is -3.95. The van der Waals surface area contributed by atoms with Crippen LogP contribution < -0.4 is 15.8 Å². The van der Waals surface area contributed by atoms with Gasteiger partial charge in [-0.05, 0) is 20.8 Å². The lowest BCUT2D eigenvalue weighted by Crippen LogP contribution is -2.46. The molecule has 0 aromatic carbocycles. The fourth-order valence-corrected chi connectivity index (χ4v) is 3.99. The van der Waals surface area contributed by atoms with E-state index in [1.165, 1.54) is 22.7 Å². The zero-order valence-electron chi connectivity index (χ0n) is 11.8. The second-order valence-electron chi connectivity index (χ2n) is 4.86. The molecule has 0 saturated carbocycles. The highest BCUT2D eigenvalue weighted by molar-refractivity contribution is 7.89. The number of nitrogens with one attached hydrogen (secondary N) is 2. The highest BCUT2D eigenvalue weighted by atomic mass is 32.2. The molecule has 8 nitrogen and oxygen atoms in total. The number of nitrogens with two attached hydrogens (primary N) is 1. The summed E-state index contributed by atoms with van der Waals surface area (Å²) in [4.78, 5) is 16.3. The van der Waals surface area contributed by atoms with E-state index in [4.69, 9.17) is 5.73 Å². The third kappa shape index (κ3) is 3.17. The molecule has 1 atom stereocenters. The number of hydrogen-bond acceptors (Lipinski definition) is 6. The average Bonchev–Trinajstić information content (AvgIpc) is 2.85. The van der Waals surface area contributed by atoms with Crippen LogP contribution in [0, 0.1) is 0 Å². The Morgan fingerprint density at radius 2 is 2.10 bits per heavy atom. The number of rotatable bonds is 5. The number of aromatic nitrogens is 2. The zero-order valence-corrected chi connectivity index (χ0v) is 13.5. The number of fused-ring (bicyclic) bond motifs is 1. The van der Waals surface area contributed by atoms with Crippen LogP contribution in [0.3, 0.4) is 0 Å². The highest BCUT2D eigenvalue weighted by Gasteiger charge is 2.28. The van der Waals surface area contributed by atoms with E-state index in [0.29, 0.717) is 4.96 Å². The first-order chi connectivity index (χ1) is 9.72. The molecule has 4 N–H and O–H groups in total. The number of nitrogen functional groups attached to an aromatic ring is 1. The van der Waals surface area contributed by atoms with Crippen molar-refractivity contribution in [3.8, 4) is 0 Å². The van der Waals surface area contributed by atoms with Gasteiger partial charge in [0, 0.05) is 17.6 Å². The maximum Gasteiger partial charge on any atom is 0.261 e. The van der Waals surface area contributed by atoms with Crippen molar-refractivity contribution in [2.75, 3.05) is 5.73 Å². The third-order valence-corrected chi connectivity index (χ3v) is 4.99. The minimum Gasteiger partial charge on any atom is -0.381 e. The van der Waals surface area contributed by atoms with Crippen LogP contribution in [-0.2, 0) is 14.8 Å². The first-order valence-electron chi connectivity index (χ1n) is 6.26. The molecule has 10 heteroatoms. The van der Waals surface area contributed by atoms with Crippen LogP contribution in [0.15, 0.2) is 16.6 Å². The summed E-state index contributed by atoms with van der Waals surface area (Å²) in [5.41, 5.74) is 5.67. The monoisotopic (exact) mass is 331 g/mol. The lowest BCUT2D eigenvalue weighted by atomic mass is 10.3. The quantitative estimate of drug-likeness (QED) is 0.721. The number of carbonyl (C=O) groups is 1. The minimum absolute atomic E-state index is 0.0759. The Balaban J connectivity index is 2.28. The smallest absolute Gasteiger partial charge is 0.261 e. The van der Waals surface area contributed by atoms with Gasteiger partial charge in [-0.15, -0.1) is 11.3 Å². The molecule has 2 aromatic rings. The molecule has 21 heavy (non-hydrogen) atoms. The Hall–Kier alpha value is -1.65. The fraction of sp³-hybridized carbons (Fsp3) is 0.455. The van der Waals surface area contributed by atoms with Crippen LogP contribution >= 0.6 is 11.3 Å². The van der Waals surface area contributed by atoms with Crippen molar-refractivity contribution in [2.24, 2.45) is 0 Å². The Morgan fingerprint density at radius 1 is 1.43 bits per heavy atom. The van der Waals surface area contributed by atoms with Crippen molar-refractivity contribution < 1.29 is 13.2 Å². The van der Waals surface area contributed by atoms with Gasteiger partial charge in [-0.1, -0.05) is 0 Å². The molecule has 0 fully saturated rings. The van der Waals surface area contributed by atoms with Gasteiger partial charge in [0.1, 0.15) is 0 Å². The Bertz CT molecular complexity index is 762. The summed E-state index contributed by atoms with van der Waals surface area (Å²) in [7, 11) is -3.95. The highest BCUT2D eigenvalue weighted by Crippen LogP contribution is 2.23. The molecule has 0 aliphatic rings. The van der Waals surface area contributed by atoms with Crippen LogP contribution in [0.4, 0.5) is 5.82 Å². The maximum atomic E-state index is 12.4. The van der Waals surface area contributed by atoms with Crippen molar-refractivity contribution in [3.63, 3.8) is 0 Å². The summed E-state index contributed by atoms with van der Waals surface area (Å²) in [6, 6.07) is -0.992. The van der Waals surface area contributed by atoms with Crippen LogP contribution in [-0.4, -0.2) is 35.8 Å². The summed E-state index contributed by atoms with van der Waals surface area (Å²) in [5.74, 6) is -0.496. The number of anilines is 1. The first kappa shape index (κ1) is 15.7.